The van der Waals surface area contributed by atoms with Gasteiger partial charge in [-0.1, -0.05) is 0 Å². The first-order valence-electron chi connectivity index (χ1n) is 7.65. The number of carbonyl (C=O) groups is 3. The maximum Gasteiger partial charge on any atom is 0.254 e. The number of nitrogens with one attached hydrogen (secondary N) is 2. The van der Waals surface area contributed by atoms with Gasteiger partial charge in [-0.05, 0) is 43.9 Å². The number of piperidine rings is 2. The lowest BCUT2D eigenvalue weighted by Crippen LogP contribution is -2.71. The maximum atomic E-state index is 12.2. The van der Waals surface area contributed by atoms with Crippen molar-refractivity contribution in [3.05, 3.63) is 12.2 Å². The highest BCUT2D eigenvalue weighted by Crippen LogP contribution is 2.48. The van der Waals surface area contributed by atoms with E-state index in [1.165, 1.54) is 31.4 Å². The summed E-state index contributed by atoms with van der Waals surface area (Å²) in [5, 5.41) is 6.64. The fourth-order valence-corrected chi connectivity index (χ4v) is 4.77. The quantitative estimate of drug-likeness (QED) is 0.712. The van der Waals surface area contributed by atoms with Gasteiger partial charge in [0.25, 0.3) is 11.8 Å². The van der Waals surface area contributed by atoms with E-state index in [1.807, 2.05) is 0 Å². The molecule has 0 aromatic carbocycles. The van der Waals surface area contributed by atoms with Gasteiger partial charge in [-0.15, -0.1) is 0 Å². The Morgan fingerprint density at radius 3 is 2.38 bits per heavy atom. The molecular formula is C15H19N3O3. The second-order valence-electron chi connectivity index (χ2n) is 6.91. The first-order chi connectivity index (χ1) is 10.0. The van der Waals surface area contributed by atoms with Crippen LogP contribution < -0.4 is 10.6 Å². The maximum absolute atomic E-state index is 12.2. The van der Waals surface area contributed by atoms with Gasteiger partial charge in [0.2, 0.25) is 5.91 Å². The van der Waals surface area contributed by atoms with E-state index in [9.17, 15) is 14.4 Å². The summed E-state index contributed by atoms with van der Waals surface area (Å²) in [4.78, 5) is 36.2. The molecule has 112 valence electrons. The zero-order valence-corrected chi connectivity index (χ0v) is 11.8. The number of carbonyl (C=O) groups excluding carboxylic acids is 3. The van der Waals surface area contributed by atoms with Crippen molar-refractivity contribution >= 4 is 17.7 Å². The smallest absolute Gasteiger partial charge is 0.254 e. The van der Waals surface area contributed by atoms with Gasteiger partial charge in [0.05, 0.1) is 5.66 Å². The molecule has 0 aromatic heterocycles. The Balaban J connectivity index is 1.43. The van der Waals surface area contributed by atoms with Crippen molar-refractivity contribution in [2.75, 3.05) is 6.54 Å². The molecule has 0 spiro atoms. The standard InChI is InChI=1S/C15H19N3O3/c19-12(8-18-13(20)1-2-14(18)21)17-15-6-9-3-10(7-15)5-11(4-9)16-15/h1-2,9-11,16H,3-8H2,(H,17,19). The monoisotopic (exact) mass is 289 g/mol. The van der Waals surface area contributed by atoms with Crippen LogP contribution in [-0.2, 0) is 14.4 Å². The second-order valence-corrected chi connectivity index (χ2v) is 6.91. The van der Waals surface area contributed by atoms with Gasteiger partial charge in [0.1, 0.15) is 6.54 Å². The van der Waals surface area contributed by atoms with Crippen LogP contribution in [0, 0.1) is 11.8 Å². The minimum absolute atomic E-state index is 0.186. The Kier molecular flexibility index (Phi) is 2.73. The molecule has 6 heteroatoms. The molecule has 5 rings (SSSR count). The summed E-state index contributed by atoms with van der Waals surface area (Å²) in [5.74, 6) is 0.318. The van der Waals surface area contributed by atoms with Crippen LogP contribution in [0.4, 0.5) is 0 Å². The molecule has 4 bridgehead atoms. The van der Waals surface area contributed by atoms with Crippen LogP contribution in [0.2, 0.25) is 0 Å². The number of nitrogens with zero attached hydrogens (tertiary/aromatic N) is 1. The molecule has 2 aliphatic carbocycles. The third-order valence-corrected chi connectivity index (χ3v) is 5.24. The van der Waals surface area contributed by atoms with E-state index in [-0.39, 0.29) is 18.1 Å². The van der Waals surface area contributed by atoms with Crippen molar-refractivity contribution < 1.29 is 14.4 Å². The molecule has 4 fully saturated rings. The molecule has 0 radical (unpaired) electrons. The molecule has 3 aliphatic heterocycles. The topological polar surface area (TPSA) is 78.5 Å². The van der Waals surface area contributed by atoms with Crippen molar-refractivity contribution in [2.24, 2.45) is 11.8 Å². The molecule has 0 aromatic rings. The minimum Gasteiger partial charge on any atom is -0.336 e. The van der Waals surface area contributed by atoms with Crippen LogP contribution in [-0.4, -0.2) is 40.9 Å². The molecule has 2 unspecified atom stereocenters. The molecule has 2 saturated heterocycles. The first kappa shape index (κ1) is 13.0. The van der Waals surface area contributed by atoms with Gasteiger partial charge in [0.15, 0.2) is 0 Å². The van der Waals surface area contributed by atoms with Crippen molar-refractivity contribution in [2.45, 2.75) is 43.8 Å². The predicted octanol–water partition coefficient (Wildman–Crippen LogP) is -0.0942. The predicted molar refractivity (Wildman–Crippen MR) is 73.7 cm³/mol. The van der Waals surface area contributed by atoms with E-state index in [1.54, 1.807) is 0 Å². The summed E-state index contributed by atoms with van der Waals surface area (Å²) in [7, 11) is 0. The Morgan fingerprint density at radius 2 is 1.81 bits per heavy atom. The first-order valence-corrected chi connectivity index (χ1v) is 7.65. The van der Waals surface area contributed by atoms with E-state index in [0.29, 0.717) is 17.9 Å². The summed E-state index contributed by atoms with van der Waals surface area (Å²) in [6.07, 6.45) is 8.04. The molecule has 2 N–H and O–H groups in total. The van der Waals surface area contributed by atoms with Gasteiger partial charge in [-0.2, -0.15) is 0 Å². The molecule has 21 heavy (non-hydrogen) atoms. The molecule has 5 aliphatic rings. The van der Waals surface area contributed by atoms with Crippen LogP contribution in [0.3, 0.4) is 0 Å². The Morgan fingerprint density at radius 1 is 1.19 bits per heavy atom. The van der Waals surface area contributed by atoms with E-state index in [4.69, 9.17) is 0 Å². The number of hydrogen-bond acceptors (Lipinski definition) is 4. The fourth-order valence-electron chi connectivity index (χ4n) is 4.77. The Labute approximate surface area is 122 Å². The van der Waals surface area contributed by atoms with Gasteiger partial charge < -0.3 is 5.32 Å². The summed E-state index contributed by atoms with van der Waals surface area (Å²) < 4.78 is 0. The lowest BCUT2D eigenvalue weighted by molar-refractivity contribution is -0.142. The molecular weight excluding hydrogens is 270 g/mol. The molecule has 6 nitrogen and oxygen atoms in total. The van der Waals surface area contributed by atoms with Gasteiger partial charge in [-0.3, -0.25) is 24.6 Å². The summed E-state index contributed by atoms with van der Waals surface area (Å²) in [6.45, 7) is -0.186. The van der Waals surface area contributed by atoms with Crippen LogP contribution in [0.5, 0.6) is 0 Å². The SMILES string of the molecule is O=C(CN1C(=O)C=CC1=O)NC12CC3CC(CC(C3)N1)C2. The van der Waals surface area contributed by atoms with Crippen LogP contribution >= 0.6 is 0 Å². The highest BCUT2D eigenvalue weighted by atomic mass is 16.2. The zero-order valence-electron chi connectivity index (χ0n) is 11.8. The summed E-state index contributed by atoms with van der Waals surface area (Å²) >= 11 is 0. The number of imide groups is 1. The van der Waals surface area contributed by atoms with Crippen LogP contribution in [0.25, 0.3) is 0 Å². The van der Waals surface area contributed by atoms with Crippen molar-refractivity contribution in [1.82, 2.24) is 15.5 Å². The number of amides is 3. The Bertz CT molecular complexity index is 501. The van der Waals surface area contributed by atoms with E-state index in [2.05, 4.69) is 10.6 Å². The van der Waals surface area contributed by atoms with E-state index < -0.39 is 11.8 Å². The van der Waals surface area contributed by atoms with Gasteiger partial charge in [-0.25, -0.2) is 0 Å². The van der Waals surface area contributed by atoms with Crippen LogP contribution in [0.15, 0.2) is 12.2 Å². The average Bonchev–Trinajstić information content (AvgIpc) is 2.68. The second kappa shape index (κ2) is 4.40. The van der Waals surface area contributed by atoms with E-state index >= 15 is 0 Å². The third kappa shape index (κ3) is 2.18. The van der Waals surface area contributed by atoms with Crippen molar-refractivity contribution in [3.63, 3.8) is 0 Å². The minimum atomic E-state index is -0.409. The lowest BCUT2D eigenvalue weighted by atomic mass is 9.62. The van der Waals surface area contributed by atoms with Gasteiger partial charge in [0, 0.05) is 18.2 Å². The lowest BCUT2D eigenvalue weighted by Gasteiger charge is -2.57. The highest BCUT2D eigenvalue weighted by molar-refractivity contribution is 6.14. The zero-order chi connectivity index (χ0) is 14.6. The van der Waals surface area contributed by atoms with Crippen molar-refractivity contribution in [3.8, 4) is 0 Å². The van der Waals surface area contributed by atoms with E-state index in [0.717, 1.165) is 17.7 Å². The Hall–Kier alpha value is -1.69. The number of hydrogen-bond donors (Lipinski definition) is 2. The highest BCUT2D eigenvalue weighted by Gasteiger charge is 2.51. The normalized spacial score (nSPS) is 40.2. The summed E-state index contributed by atoms with van der Waals surface area (Å²) in [5.41, 5.74) is -0.314. The number of rotatable bonds is 3. The van der Waals surface area contributed by atoms with Gasteiger partial charge >= 0.3 is 0 Å². The summed E-state index contributed by atoms with van der Waals surface area (Å²) in [6, 6.07) is 0.508. The van der Waals surface area contributed by atoms with Crippen molar-refractivity contribution in [1.29, 1.82) is 0 Å². The molecule has 3 amide bonds. The molecule has 3 heterocycles. The third-order valence-electron chi connectivity index (χ3n) is 5.24. The fraction of sp³-hybridized carbons (Fsp3) is 0.667. The average molecular weight is 289 g/mol. The largest absolute Gasteiger partial charge is 0.336 e. The molecule has 2 atom stereocenters. The van der Waals surface area contributed by atoms with Crippen LogP contribution in [0.1, 0.15) is 32.1 Å². The molecule has 2 saturated carbocycles.